The van der Waals surface area contributed by atoms with Gasteiger partial charge in [0.1, 0.15) is 23.4 Å². The zero-order chi connectivity index (χ0) is 23.5. The fourth-order valence-electron chi connectivity index (χ4n) is 3.61. The van der Waals surface area contributed by atoms with E-state index in [0.29, 0.717) is 5.76 Å². The molecule has 3 amide bonds. The predicted octanol–water partition coefficient (Wildman–Crippen LogP) is 3.32. The molecule has 1 fully saturated rings. The van der Waals surface area contributed by atoms with E-state index in [-0.39, 0.29) is 30.0 Å². The molecule has 3 aromatic rings. The first-order valence-corrected chi connectivity index (χ1v) is 10.1. The smallest absolute Gasteiger partial charge is 0.308 e. The van der Waals surface area contributed by atoms with Gasteiger partial charge >= 0.3 is 5.97 Å². The molecule has 1 aliphatic heterocycles. The molecular weight excluding hydrogens is 431 g/mol. The Morgan fingerprint density at radius 3 is 2.39 bits per heavy atom. The molecule has 1 saturated heterocycles. The highest BCUT2D eigenvalue weighted by atomic mass is 19.1. The van der Waals surface area contributed by atoms with Crippen molar-refractivity contribution in [2.45, 2.75) is 25.9 Å². The highest BCUT2D eigenvalue weighted by molar-refractivity contribution is 6.23. The summed E-state index contributed by atoms with van der Waals surface area (Å²) in [6.07, 6.45) is 1.21. The van der Waals surface area contributed by atoms with Crippen LogP contribution in [-0.4, -0.2) is 34.6 Å². The van der Waals surface area contributed by atoms with Gasteiger partial charge in [0.05, 0.1) is 24.9 Å². The monoisotopic (exact) mass is 450 g/mol. The van der Waals surface area contributed by atoms with Gasteiger partial charge in [-0.1, -0.05) is 0 Å². The summed E-state index contributed by atoms with van der Waals surface area (Å²) in [6, 6.07) is 13.1. The molecule has 8 nitrogen and oxygen atoms in total. The van der Waals surface area contributed by atoms with E-state index >= 15 is 0 Å². The van der Waals surface area contributed by atoms with E-state index in [1.165, 1.54) is 54.5 Å². The minimum atomic E-state index is -1.08. The highest BCUT2D eigenvalue weighted by Crippen LogP contribution is 2.29. The molecule has 2 heterocycles. The maximum Gasteiger partial charge on any atom is 0.308 e. The van der Waals surface area contributed by atoms with Crippen LogP contribution in [0.4, 0.5) is 10.1 Å². The number of halogens is 1. The van der Waals surface area contributed by atoms with Crippen molar-refractivity contribution in [1.82, 2.24) is 4.90 Å². The van der Waals surface area contributed by atoms with Crippen LogP contribution < -0.4 is 9.64 Å². The largest absolute Gasteiger partial charge is 0.467 e. The number of carbonyl (C=O) groups excluding carboxylic acids is 4. The number of amides is 3. The summed E-state index contributed by atoms with van der Waals surface area (Å²) < 4.78 is 23.7. The third kappa shape index (κ3) is 4.67. The number of benzene rings is 2. The average molecular weight is 450 g/mol. The second-order valence-electron chi connectivity index (χ2n) is 7.39. The highest BCUT2D eigenvalue weighted by Gasteiger charge is 2.44. The second kappa shape index (κ2) is 9.07. The quantitative estimate of drug-likeness (QED) is 0.325. The van der Waals surface area contributed by atoms with Crippen LogP contribution in [0.1, 0.15) is 29.5 Å². The summed E-state index contributed by atoms with van der Waals surface area (Å²) in [7, 11) is 0. The van der Waals surface area contributed by atoms with E-state index in [4.69, 9.17) is 9.15 Å². The Labute approximate surface area is 188 Å². The molecule has 0 saturated carbocycles. The number of hydrogen-bond donors (Lipinski definition) is 0. The minimum Gasteiger partial charge on any atom is -0.467 e. The Bertz CT molecular complexity index is 1190. The number of furan rings is 1. The first-order valence-electron chi connectivity index (χ1n) is 10.1. The van der Waals surface area contributed by atoms with Crippen LogP contribution in [-0.2, 0) is 20.9 Å². The normalized spacial score (nSPS) is 15.6. The number of rotatable bonds is 6. The van der Waals surface area contributed by atoms with Gasteiger partial charge < -0.3 is 14.1 Å². The third-order valence-corrected chi connectivity index (χ3v) is 5.11. The van der Waals surface area contributed by atoms with Crippen LogP contribution in [0.2, 0.25) is 0 Å². The summed E-state index contributed by atoms with van der Waals surface area (Å²) in [5.41, 5.74) is 0.461. The predicted molar refractivity (Wildman–Crippen MR) is 114 cm³/mol. The van der Waals surface area contributed by atoms with Crippen molar-refractivity contribution in [1.29, 1.82) is 0 Å². The van der Waals surface area contributed by atoms with E-state index in [9.17, 15) is 23.6 Å². The Hall–Kier alpha value is -4.27. The lowest BCUT2D eigenvalue weighted by Crippen LogP contribution is -2.45. The number of ether oxygens (including phenoxy) is 1. The van der Waals surface area contributed by atoms with Crippen molar-refractivity contribution in [2.75, 3.05) is 4.90 Å². The minimum absolute atomic E-state index is 0.0495. The Morgan fingerprint density at radius 1 is 1.09 bits per heavy atom. The number of esters is 1. The number of anilines is 1. The van der Waals surface area contributed by atoms with Gasteiger partial charge in [-0.15, -0.1) is 0 Å². The van der Waals surface area contributed by atoms with Crippen molar-refractivity contribution in [3.8, 4) is 5.75 Å². The van der Waals surface area contributed by atoms with Gasteiger partial charge in [0, 0.05) is 12.5 Å². The first-order chi connectivity index (χ1) is 15.8. The molecule has 1 aliphatic rings. The lowest BCUT2D eigenvalue weighted by atomic mass is 10.1. The zero-order valence-electron chi connectivity index (χ0n) is 17.6. The van der Waals surface area contributed by atoms with E-state index < -0.39 is 35.5 Å². The van der Waals surface area contributed by atoms with Crippen molar-refractivity contribution >= 4 is 29.4 Å². The molecule has 33 heavy (non-hydrogen) atoms. The van der Waals surface area contributed by atoms with Gasteiger partial charge in [-0.25, -0.2) is 9.29 Å². The van der Waals surface area contributed by atoms with Crippen LogP contribution >= 0.6 is 0 Å². The van der Waals surface area contributed by atoms with E-state index in [1.54, 1.807) is 12.1 Å². The van der Waals surface area contributed by atoms with Crippen LogP contribution in [0.25, 0.3) is 0 Å². The van der Waals surface area contributed by atoms with Crippen molar-refractivity contribution in [2.24, 2.45) is 0 Å². The molecule has 0 radical (unpaired) electrons. The molecule has 1 atom stereocenters. The van der Waals surface area contributed by atoms with Crippen LogP contribution in [0, 0.1) is 5.82 Å². The molecular formula is C24H19FN2O6. The summed E-state index contributed by atoms with van der Waals surface area (Å²) >= 11 is 0. The van der Waals surface area contributed by atoms with Gasteiger partial charge in [-0.2, -0.15) is 0 Å². The van der Waals surface area contributed by atoms with Gasteiger partial charge in [-0.3, -0.25) is 19.2 Å². The van der Waals surface area contributed by atoms with Crippen molar-refractivity contribution < 1.29 is 32.7 Å². The molecule has 1 aromatic heterocycles. The lowest BCUT2D eigenvalue weighted by molar-refractivity contribution is -0.132. The number of nitrogens with zero attached hydrogens (tertiary/aromatic N) is 2. The molecule has 9 heteroatoms. The SMILES string of the molecule is CC(=O)Oc1ccc(N2C(=O)CC(N(Cc3ccco3)C(=O)c3ccc(F)cc3)C2=O)cc1. The Morgan fingerprint density at radius 2 is 1.79 bits per heavy atom. The molecule has 0 spiro atoms. The fraction of sp³-hybridized carbons (Fsp3) is 0.167. The molecule has 1 unspecified atom stereocenters. The topological polar surface area (TPSA) is 97.1 Å². The van der Waals surface area contributed by atoms with E-state index in [0.717, 1.165) is 17.0 Å². The maximum absolute atomic E-state index is 13.3. The summed E-state index contributed by atoms with van der Waals surface area (Å²) in [5, 5.41) is 0. The molecule has 0 N–H and O–H groups in total. The van der Waals surface area contributed by atoms with E-state index in [2.05, 4.69) is 0 Å². The Balaban J connectivity index is 1.62. The average Bonchev–Trinajstić information content (AvgIpc) is 3.40. The van der Waals surface area contributed by atoms with Crippen LogP contribution in [0.15, 0.2) is 71.3 Å². The van der Waals surface area contributed by atoms with Gasteiger partial charge in [0.2, 0.25) is 5.91 Å². The molecule has 2 aromatic carbocycles. The standard InChI is InChI=1S/C24H19FN2O6/c1-15(28)33-19-10-8-18(9-11-19)27-22(29)13-21(24(27)31)26(14-20-3-2-12-32-20)23(30)16-4-6-17(25)7-5-16/h2-12,21H,13-14H2,1H3. The number of hydrogen-bond acceptors (Lipinski definition) is 6. The van der Waals surface area contributed by atoms with Gasteiger partial charge in [-0.05, 0) is 60.7 Å². The summed E-state index contributed by atoms with van der Waals surface area (Å²) in [5.74, 6) is -1.90. The summed E-state index contributed by atoms with van der Waals surface area (Å²) in [6.45, 7) is 1.21. The Kier molecular flexibility index (Phi) is 6.03. The molecule has 0 bridgehead atoms. The number of carbonyl (C=O) groups is 4. The second-order valence-corrected chi connectivity index (χ2v) is 7.39. The summed E-state index contributed by atoms with van der Waals surface area (Å²) in [4.78, 5) is 52.6. The third-order valence-electron chi connectivity index (χ3n) is 5.11. The first kappa shape index (κ1) is 21.9. The molecule has 0 aliphatic carbocycles. The number of imide groups is 1. The molecule has 4 rings (SSSR count). The van der Waals surface area contributed by atoms with E-state index in [1.807, 2.05) is 0 Å². The lowest BCUT2D eigenvalue weighted by Gasteiger charge is -2.27. The van der Waals surface area contributed by atoms with Crippen molar-refractivity contribution in [3.63, 3.8) is 0 Å². The van der Waals surface area contributed by atoms with Gasteiger partial charge in [0.25, 0.3) is 11.8 Å². The zero-order valence-corrected chi connectivity index (χ0v) is 17.6. The molecule has 168 valence electrons. The van der Waals surface area contributed by atoms with Gasteiger partial charge in [0.15, 0.2) is 0 Å². The maximum atomic E-state index is 13.3. The van der Waals surface area contributed by atoms with Crippen molar-refractivity contribution in [3.05, 3.63) is 84.1 Å². The van der Waals surface area contributed by atoms with Crippen LogP contribution in [0.3, 0.4) is 0 Å². The fourth-order valence-corrected chi connectivity index (χ4v) is 3.61. The van der Waals surface area contributed by atoms with Crippen LogP contribution in [0.5, 0.6) is 5.75 Å².